The lowest BCUT2D eigenvalue weighted by Gasteiger charge is -2.30. The number of thioether (sulfide) groups is 1. The monoisotopic (exact) mass is 229 g/mol. The lowest BCUT2D eigenvalue weighted by molar-refractivity contribution is -0.124. The van der Waals surface area contributed by atoms with Crippen molar-refractivity contribution in [1.82, 2.24) is 5.32 Å². The number of alkyl halides is 3. The molecule has 0 unspecified atom stereocenters. The predicted molar refractivity (Wildman–Crippen MR) is 55.8 cm³/mol. The highest BCUT2D eigenvalue weighted by molar-refractivity contribution is 8.00. The molecule has 0 aliphatic carbocycles. The molecule has 0 heterocycles. The van der Waals surface area contributed by atoms with E-state index in [1.807, 2.05) is 20.1 Å². The molecule has 0 atom stereocenters. The van der Waals surface area contributed by atoms with Crippen LogP contribution in [0.3, 0.4) is 0 Å². The van der Waals surface area contributed by atoms with Gasteiger partial charge in [0.25, 0.3) is 0 Å². The van der Waals surface area contributed by atoms with E-state index in [1.54, 1.807) is 11.8 Å². The van der Waals surface area contributed by atoms with Gasteiger partial charge in [0.2, 0.25) is 0 Å². The van der Waals surface area contributed by atoms with Crippen LogP contribution in [0.1, 0.15) is 26.7 Å². The van der Waals surface area contributed by atoms with Gasteiger partial charge in [-0.05, 0) is 19.1 Å². The number of hydrogen-bond acceptors (Lipinski definition) is 2. The molecule has 0 fully saturated rings. The molecule has 0 aliphatic rings. The van der Waals surface area contributed by atoms with E-state index in [2.05, 4.69) is 5.32 Å². The van der Waals surface area contributed by atoms with Crippen LogP contribution >= 0.6 is 11.8 Å². The Labute approximate surface area is 87.8 Å². The van der Waals surface area contributed by atoms with E-state index in [0.717, 1.165) is 12.8 Å². The van der Waals surface area contributed by atoms with Crippen LogP contribution in [-0.2, 0) is 0 Å². The van der Waals surface area contributed by atoms with Crippen molar-refractivity contribution in [2.45, 2.75) is 37.6 Å². The summed E-state index contributed by atoms with van der Waals surface area (Å²) in [6.07, 6.45) is -0.390. The number of rotatable bonds is 6. The number of nitrogens with one attached hydrogen (secondary N) is 1. The van der Waals surface area contributed by atoms with Gasteiger partial charge in [0, 0.05) is 11.3 Å². The maximum atomic E-state index is 11.9. The molecule has 86 valence electrons. The van der Waals surface area contributed by atoms with E-state index in [0.29, 0.717) is 6.54 Å². The number of halogens is 3. The summed E-state index contributed by atoms with van der Waals surface area (Å²) in [7, 11) is 0. The normalized spacial score (nSPS) is 13.3. The molecule has 14 heavy (non-hydrogen) atoms. The zero-order valence-corrected chi connectivity index (χ0v) is 9.69. The smallest absolute Gasteiger partial charge is 0.307 e. The summed E-state index contributed by atoms with van der Waals surface area (Å²) in [5.41, 5.74) is 0. The highest BCUT2D eigenvalue weighted by Crippen LogP contribution is 2.29. The van der Waals surface area contributed by atoms with Crippen LogP contribution in [0.4, 0.5) is 13.2 Å². The molecule has 0 rings (SSSR count). The molecule has 0 radical (unpaired) electrons. The fourth-order valence-corrected chi connectivity index (χ4v) is 2.12. The minimum atomic E-state index is -4.11. The van der Waals surface area contributed by atoms with Crippen molar-refractivity contribution in [2.24, 2.45) is 0 Å². The molecular formula is C9H18F3NS. The second-order valence-electron chi connectivity index (χ2n) is 3.31. The van der Waals surface area contributed by atoms with Crippen molar-refractivity contribution in [2.75, 3.05) is 19.3 Å². The van der Waals surface area contributed by atoms with Crippen molar-refractivity contribution in [3.05, 3.63) is 0 Å². The molecule has 0 amide bonds. The summed E-state index contributed by atoms with van der Waals surface area (Å²) < 4.78 is 35.6. The summed E-state index contributed by atoms with van der Waals surface area (Å²) in [6, 6.07) is 0. The van der Waals surface area contributed by atoms with Crippen molar-refractivity contribution >= 4 is 11.8 Å². The highest BCUT2D eigenvalue weighted by Gasteiger charge is 2.30. The molecule has 0 aromatic heterocycles. The first kappa shape index (κ1) is 14.1. The average molecular weight is 229 g/mol. The Balaban J connectivity index is 3.95. The van der Waals surface area contributed by atoms with Crippen molar-refractivity contribution in [3.63, 3.8) is 0 Å². The molecule has 0 saturated carbocycles. The lowest BCUT2D eigenvalue weighted by atomic mass is 10.0. The third kappa shape index (κ3) is 5.10. The molecule has 5 heteroatoms. The molecular weight excluding hydrogens is 211 g/mol. The third-order valence-electron chi connectivity index (χ3n) is 2.49. The summed E-state index contributed by atoms with van der Waals surface area (Å²) in [5, 5.41) is 2.47. The zero-order valence-electron chi connectivity index (χ0n) is 8.87. The Kier molecular flexibility index (Phi) is 5.90. The molecule has 0 spiro atoms. The Bertz CT molecular complexity index is 146. The second-order valence-corrected chi connectivity index (χ2v) is 4.59. The van der Waals surface area contributed by atoms with Gasteiger partial charge in [0.15, 0.2) is 0 Å². The first-order valence-electron chi connectivity index (χ1n) is 4.71. The third-order valence-corrected chi connectivity index (χ3v) is 4.08. The van der Waals surface area contributed by atoms with Crippen molar-refractivity contribution in [3.8, 4) is 0 Å². The molecule has 0 aromatic carbocycles. The van der Waals surface area contributed by atoms with Crippen molar-refractivity contribution < 1.29 is 13.2 Å². The van der Waals surface area contributed by atoms with E-state index >= 15 is 0 Å². The van der Waals surface area contributed by atoms with Gasteiger partial charge in [0.05, 0.1) is 6.54 Å². The van der Waals surface area contributed by atoms with Gasteiger partial charge < -0.3 is 5.32 Å². The fraction of sp³-hybridized carbons (Fsp3) is 1.00. The van der Waals surface area contributed by atoms with E-state index in [-0.39, 0.29) is 4.75 Å². The van der Waals surface area contributed by atoms with Gasteiger partial charge in [-0.15, -0.1) is 0 Å². The first-order valence-corrected chi connectivity index (χ1v) is 5.94. The summed E-state index contributed by atoms with van der Waals surface area (Å²) in [5.74, 6) is 0. The van der Waals surface area contributed by atoms with Crippen LogP contribution in [0.15, 0.2) is 0 Å². The van der Waals surface area contributed by atoms with Crippen molar-refractivity contribution in [1.29, 1.82) is 0 Å². The van der Waals surface area contributed by atoms with Crippen LogP contribution < -0.4 is 5.32 Å². The van der Waals surface area contributed by atoms with Gasteiger partial charge >= 0.3 is 6.18 Å². The minimum absolute atomic E-state index is 0.0503. The topological polar surface area (TPSA) is 12.0 Å². The van der Waals surface area contributed by atoms with Crippen LogP contribution in [-0.4, -0.2) is 30.3 Å². The van der Waals surface area contributed by atoms with E-state index in [9.17, 15) is 13.2 Å². The average Bonchev–Trinajstić information content (AvgIpc) is 2.11. The standard InChI is InChI=1S/C9H18F3NS/c1-4-8(5-2,14-3)6-13-7-9(10,11)12/h13H,4-7H2,1-3H3. The quantitative estimate of drug-likeness (QED) is 0.751. The maximum Gasteiger partial charge on any atom is 0.401 e. The van der Waals surface area contributed by atoms with Crippen LogP contribution in [0.25, 0.3) is 0 Å². The van der Waals surface area contributed by atoms with Gasteiger partial charge in [-0.25, -0.2) is 0 Å². The molecule has 0 aliphatic heterocycles. The van der Waals surface area contributed by atoms with E-state index in [4.69, 9.17) is 0 Å². The number of hydrogen-bond donors (Lipinski definition) is 1. The molecule has 0 bridgehead atoms. The van der Waals surface area contributed by atoms with E-state index in [1.165, 1.54) is 0 Å². The van der Waals surface area contributed by atoms with Gasteiger partial charge in [-0.2, -0.15) is 24.9 Å². The van der Waals surface area contributed by atoms with Gasteiger partial charge in [-0.3, -0.25) is 0 Å². The highest BCUT2D eigenvalue weighted by atomic mass is 32.2. The molecule has 0 saturated heterocycles. The second kappa shape index (κ2) is 5.85. The molecule has 1 N–H and O–H groups in total. The largest absolute Gasteiger partial charge is 0.401 e. The maximum absolute atomic E-state index is 11.9. The Hall–Kier alpha value is 0.100. The molecule has 1 nitrogen and oxygen atoms in total. The Morgan fingerprint density at radius 1 is 1.07 bits per heavy atom. The summed E-state index contributed by atoms with van der Waals surface area (Å²) in [4.78, 5) is 0. The van der Waals surface area contributed by atoms with Crippen LogP contribution in [0, 0.1) is 0 Å². The minimum Gasteiger partial charge on any atom is -0.307 e. The Morgan fingerprint density at radius 3 is 1.86 bits per heavy atom. The summed E-state index contributed by atoms with van der Waals surface area (Å²) >= 11 is 1.64. The zero-order chi connectivity index (χ0) is 11.2. The molecule has 0 aromatic rings. The van der Waals surface area contributed by atoms with Crippen LogP contribution in [0.5, 0.6) is 0 Å². The predicted octanol–water partition coefficient (Wildman–Crippen LogP) is 3.06. The first-order chi connectivity index (χ1) is 6.39. The fourth-order valence-electron chi connectivity index (χ4n) is 1.29. The Morgan fingerprint density at radius 2 is 1.57 bits per heavy atom. The van der Waals surface area contributed by atoms with E-state index < -0.39 is 12.7 Å². The summed E-state index contributed by atoms with van der Waals surface area (Å²) in [6.45, 7) is 3.54. The van der Waals surface area contributed by atoms with Gasteiger partial charge in [0.1, 0.15) is 0 Å². The lowest BCUT2D eigenvalue weighted by Crippen LogP contribution is -2.40. The van der Waals surface area contributed by atoms with Crippen LogP contribution in [0.2, 0.25) is 0 Å². The SMILES string of the molecule is CCC(CC)(CNCC(F)(F)F)SC. The van der Waals surface area contributed by atoms with Gasteiger partial charge in [-0.1, -0.05) is 13.8 Å².